The Balaban J connectivity index is 2.05. The van der Waals surface area contributed by atoms with Gasteiger partial charge in [0.25, 0.3) is 0 Å². The standard InChI is InChI=1S/C19H16N4O/c1-2-15-17-16(14(10-20)18(21)24-19(17)23-22-15)13-9-5-7-11-6-3-4-8-12(11)13/h3-9,16H,2,21H2,1H3,(H,22,23)/t16-/m0/s1. The van der Waals surface area contributed by atoms with E-state index in [2.05, 4.69) is 34.5 Å². The summed E-state index contributed by atoms with van der Waals surface area (Å²) in [6.45, 7) is 2.04. The van der Waals surface area contributed by atoms with Crippen LogP contribution in [0.4, 0.5) is 0 Å². The van der Waals surface area contributed by atoms with Crippen molar-refractivity contribution in [2.45, 2.75) is 19.3 Å². The number of allylic oxidation sites excluding steroid dienone is 1. The Kier molecular flexibility index (Phi) is 3.24. The lowest BCUT2D eigenvalue weighted by atomic mass is 9.81. The molecule has 5 heteroatoms. The molecule has 1 aliphatic heterocycles. The molecule has 24 heavy (non-hydrogen) atoms. The highest BCUT2D eigenvalue weighted by molar-refractivity contribution is 5.87. The maximum absolute atomic E-state index is 9.69. The number of hydrogen-bond acceptors (Lipinski definition) is 4. The van der Waals surface area contributed by atoms with Crippen LogP contribution in [0.2, 0.25) is 0 Å². The number of rotatable bonds is 2. The van der Waals surface area contributed by atoms with E-state index in [1.54, 1.807) is 0 Å². The minimum absolute atomic E-state index is 0.122. The zero-order valence-corrected chi connectivity index (χ0v) is 13.2. The first-order chi connectivity index (χ1) is 11.7. The topological polar surface area (TPSA) is 87.7 Å². The Hall–Kier alpha value is -3.26. The zero-order chi connectivity index (χ0) is 16.7. The molecule has 0 saturated heterocycles. The lowest BCUT2D eigenvalue weighted by molar-refractivity contribution is 0.379. The van der Waals surface area contributed by atoms with Gasteiger partial charge in [-0.2, -0.15) is 5.26 Å². The Bertz CT molecular complexity index is 1000. The van der Waals surface area contributed by atoms with Gasteiger partial charge in [-0.3, -0.25) is 5.10 Å². The number of nitrogens with zero attached hydrogens (tertiary/aromatic N) is 2. The molecule has 3 N–H and O–H groups in total. The molecule has 118 valence electrons. The predicted molar refractivity (Wildman–Crippen MR) is 91.2 cm³/mol. The first-order valence-electron chi connectivity index (χ1n) is 7.87. The normalized spacial score (nSPS) is 16.6. The van der Waals surface area contributed by atoms with Crippen LogP contribution in [0.25, 0.3) is 10.8 Å². The summed E-state index contributed by atoms with van der Waals surface area (Å²) in [4.78, 5) is 0. The van der Waals surface area contributed by atoms with Crippen molar-refractivity contribution in [3.05, 3.63) is 70.7 Å². The highest BCUT2D eigenvalue weighted by Crippen LogP contribution is 2.44. The molecule has 0 aliphatic carbocycles. The lowest BCUT2D eigenvalue weighted by Crippen LogP contribution is -2.21. The fourth-order valence-electron chi connectivity index (χ4n) is 3.39. The van der Waals surface area contributed by atoms with Gasteiger partial charge in [0.1, 0.15) is 11.6 Å². The maximum Gasteiger partial charge on any atom is 0.244 e. The second-order valence-electron chi connectivity index (χ2n) is 5.77. The van der Waals surface area contributed by atoms with Crippen LogP contribution in [0.15, 0.2) is 53.9 Å². The molecule has 0 radical (unpaired) electrons. The van der Waals surface area contributed by atoms with E-state index < -0.39 is 0 Å². The molecule has 1 aromatic heterocycles. The average Bonchev–Trinajstić information content (AvgIpc) is 3.02. The number of aromatic nitrogens is 2. The fraction of sp³-hybridized carbons (Fsp3) is 0.158. The Labute approximate surface area is 139 Å². The number of fused-ring (bicyclic) bond motifs is 2. The van der Waals surface area contributed by atoms with Gasteiger partial charge in [0, 0.05) is 11.3 Å². The molecule has 0 amide bonds. The van der Waals surface area contributed by atoms with Crippen LogP contribution in [-0.4, -0.2) is 10.2 Å². The van der Waals surface area contributed by atoms with Crippen molar-refractivity contribution in [3.63, 3.8) is 0 Å². The summed E-state index contributed by atoms with van der Waals surface area (Å²) >= 11 is 0. The summed E-state index contributed by atoms with van der Waals surface area (Å²) < 4.78 is 5.57. The summed E-state index contributed by atoms with van der Waals surface area (Å²) in [5, 5.41) is 19.2. The fourth-order valence-corrected chi connectivity index (χ4v) is 3.39. The third-order valence-corrected chi connectivity index (χ3v) is 4.51. The van der Waals surface area contributed by atoms with E-state index in [9.17, 15) is 5.26 Å². The van der Waals surface area contributed by atoms with Crippen LogP contribution in [-0.2, 0) is 6.42 Å². The maximum atomic E-state index is 9.69. The SMILES string of the molecule is CCc1[nH]nc2c1[C@@H](c1cccc3ccccc13)C(C#N)=C(N)O2. The number of H-pyrrole nitrogens is 1. The van der Waals surface area contributed by atoms with Gasteiger partial charge in [0.15, 0.2) is 0 Å². The molecule has 0 fully saturated rings. The van der Waals surface area contributed by atoms with Gasteiger partial charge in [-0.05, 0) is 22.8 Å². The third-order valence-electron chi connectivity index (χ3n) is 4.51. The Morgan fingerprint density at radius 3 is 2.83 bits per heavy atom. The van der Waals surface area contributed by atoms with E-state index in [-0.39, 0.29) is 11.8 Å². The van der Waals surface area contributed by atoms with Crippen molar-refractivity contribution < 1.29 is 4.74 Å². The van der Waals surface area contributed by atoms with Gasteiger partial charge in [-0.25, -0.2) is 0 Å². The van der Waals surface area contributed by atoms with Crippen LogP contribution >= 0.6 is 0 Å². The summed E-state index contributed by atoms with van der Waals surface area (Å²) in [7, 11) is 0. The van der Waals surface area contributed by atoms with E-state index >= 15 is 0 Å². The lowest BCUT2D eigenvalue weighted by Gasteiger charge is -2.25. The smallest absolute Gasteiger partial charge is 0.244 e. The molecule has 2 aromatic carbocycles. The summed E-state index contributed by atoms with van der Waals surface area (Å²) in [5.41, 5.74) is 9.33. The van der Waals surface area contributed by atoms with Gasteiger partial charge in [-0.1, -0.05) is 49.4 Å². The molecule has 1 atom stereocenters. The van der Waals surface area contributed by atoms with E-state index in [4.69, 9.17) is 10.5 Å². The van der Waals surface area contributed by atoms with Crippen molar-refractivity contribution in [2.24, 2.45) is 5.73 Å². The van der Waals surface area contributed by atoms with Crippen LogP contribution in [0, 0.1) is 11.3 Å². The molecule has 0 saturated carbocycles. The number of nitriles is 1. The minimum atomic E-state index is -0.279. The molecular formula is C19H16N4O. The van der Waals surface area contributed by atoms with Crippen molar-refractivity contribution in [1.29, 1.82) is 5.26 Å². The molecule has 0 bridgehead atoms. The number of nitrogens with one attached hydrogen (secondary N) is 1. The average molecular weight is 316 g/mol. The van der Waals surface area contributed by atoms with Crippen LogP contribution in [0.3, 0.4) is 0 Å². The summed E-state index contributed by atoms with van der Waals surface area (Å²) in [6.07, 6.45) is 0.769. The largest absolute Gasteiger partial charge is 0.420 e. The molecule has 4 rings (SSSR count). The van der Waals surface area contributed by atoms with Gasteiger partial charge in [0.05, 0.1) is 5.92 Å². The zero-order valence-electron chi connectivity index (χ0n) is 13.2. The molecule has 1 aliphatic rings. The molecule has 0 spiro atoms. The first kappa shape index (κ1) is 14.3. The number of ether oxygens (including phenoxy) is 1. The van der Waals surface area contributed by atoms with Crippen molar-refractivity contribution >= 4 is 10.8 Å². The van der Waals surface area contributed by atoms with E-state index in [0.29, 0.717) is 11.5 Å². The molecule has 2 heterocycles. The third kappa shape index (κ3) is 1.97. The molecule has 0 unspecified atom stereocenters. The van der Waals surface area contributed by atoms with Crippen LogP contribution < -0.4 is 10.5 Å². The van der Waals surface area contributed by atoms with E-state index in [1.807, 2.05) is 31.2 Å². The van der Waals surface area contributed by atoms with E-state index in [1.165, 1.54) is 0 Å². The highest BCUT2D eigenvalue weighted by atomic mass is 16.5. The Morgan fingerprint density at radius 1 is 1.25 bits per heavy atom. The van der Waals surface area contributed by atoms with Gasteiger partial charge >= 0.3 is 0 Å². The predicted octanol–water partition coefficient (Wildman–Crippen LogP) is 3.34. The number of hydrogen-bond donors (Lipinski definition) is 2. The quantitative estimate of drug-likeness (QED) is 0.759. The monoisotopic (exact) mass is 316 g/mol. The summed E-state index contributed by atoms with van der Waals surface area (Å²) in [6, 6.07) is 16.5. The second kappa shape index (κ2) is 5.43. The number of aryl methyl sites for hydroxylation is 1. The second-order valence-corrected chi connectivity index (χ2v) is 5.77. The summed E-state index contributed by atoms with van der Waals surface area (Å²) in [5.74, 6) is 0.303. The van der Waals surface area contributed by atoms with Gasteiger partial charge in [0.2, 0.25) is 11.8 Å². The highest BCUT2D eigenvalue weighted by Gasteiger charge is 2.35. The van der Waals surface area contributed by atoms with Crippen molar-refractivity contribution in [3.8, 4) is 11.9 Å². The number of aromatic amines is 1. The number of nitrogens with two attached hydrogens (primary N) is 1. The van der Waals surface area contributed by atoms with Crippen molar-refractivity contribution in [2.75, 3.05) is 0 Å². The molecular weight excluding hydrogens is 300 g/mol. The number of benzene rings is 2. The van der Waals surface area contributed by atoms with Crippen LogP contribution in [0.5, 0.6) is 5.88 Å². The first-order valence-corrected chi connectivity index (χ1v) is 7.87. The van der Waals surface area contributed by atoms with Crippen LogP contribution in [0.1, 0.15) is 29.7 Å². The molecule has 5 nitrogen and oxygen atoms in total. The van der Waals surface area contributed by atoms with Gasteiger partial charge < -0.3 is 10.5 Å². The molecule has 3 aromatic rings. The van der Waals surface area contributed by atoms with Gasteiger partial charge in [-0.15, -0.1) is 5.10 Å². The Morgan fingerprint density at radius 2 is 2.04 bits per heavy atom. The van der Waals surface area contributed by atoms with E-state index in [0.717, 1.165) is 34.0 Å². The van der Waals surface area contributed by atoms with Crippen molar-refractivity contribution in [1.82, 2.24) is 10.2 Å². The minimum Gasteiger partial charge on any atom is -0.420 e.